The van der Waals surface area contributed by atoms with E-state index >= 15 is 0 Å². The van der Waals surface area contributed by atoms with Gasteiger partial charge < -0.3 is 15.4 Å². The molecule has 24 heavy (non-hydrogen) atoms. The molecule has 0 saturated carbocycles. The first kappa shape index (κ1) is 16.6. The number of rotatable bonds is 5. The lowest BCUT2D eigenvalue weighted by atomic mass is 10.1. The smallest absolute Gasteiger partial charge is 0.265 e. The molecule has 0 spiro atoms. The van der Waals surface area contributed by atoms with Crippen LogP contribution >= 0.6 is 11.8 Å². The third-order valence-corrected chi connectivity index (χ3v) is 4.50. The minimum absolute atomic E-state index is 0.0306. The average Bonchev–Trinajstić information content (AvgIpc) is 2.60. The molecule has 0 bridgehead atoms. The second-order valence-corrected chi connectivity index (χ2v) is 6.40. The van der Waals surface area contributed by atoms with Gasteiger partial charge >= 0.3 is 0 Å². The van der Waals surface area contributed by atoms with Crippen LogP contribution in [0.1, 0.15) is 31.9 Å². The number of carbonyl (C=O) groups is 1. The molecule has 1 aliphatic heterocycles. The molecular weight excluding hydrogens is 324 g/mol. The number of nitrogens with one attached hydrogen (secondary N) is 2. The summed E-state index contributed by atoms with van der Waals surface area (Å²) in [5.41, 5.74) is 1.76. The van der Waals surface area contributed by atoms with E-state index in [1.54, 1.807) is 24.2 Å². The topological polar surface area (TPSA) is 76.1 Å². The first-order valence-corrected chi connectivity index (χ1v) is 9.07. The highest BCUT2D eigenvalue weighted by Gasteiger charge is 2.26. The lowest BCUT2D eigenvalue weighted by molar-refractivity contribution is -0.123. The Hall–Kier alpha value is -2.28. The van der Waals surface area contributed by atoms with Crippen molar-refractivity contribution >= 4 is 29.2 Å². The molecule has 0 fully saturated rings. The summed E-state index contributed by atoms with van der Waals surface area (Å²) in [5, 5.41) is 7.10. The number of anilines is 2. The molecular formula is C17H20N4O2S. The maximum absolute atomic E-state index is 11.8. The minimum Gasteiger partial charge on any atom is -0.478 e. The number of thioether (sulfide) groups is 1. The zero-order valence-electron chi connectivity index (χ0n) is 13.9. The summed E-state index contributed by atoms with van der Waals surface area (Å²) in [6.07, 6.45) is 5.62. The Morgan fingerprint density at radius 2 is 2.25 bits per heavy atom. The molecule has 0 saturated heterocycles. The molecule has 0 aliphatic carbocycles. The van der Waals surface area contributed by atoms with E-state index in [9.17, 15) is 4.79 Å². The fourth-order valence-electron chi connectivity index (χ4n) is 2.52. The number of hydrogen-bond donors (Lipinski definition) is 2. The van der Waals surface area contributed by atoms with Crippen LogP contribution in [-0.2, 0) is 4.79 Å². The van der Waals surface area contributed by atoms with E-state index in [4.69, 9.17) is 4.74 Å². The van der Waals surface area contributed by atoms with Gasteiger partial charge in [-0.1, -0.05) is 13.0 Å². The molecule has 7 heteroatoms. The second kappa shape index (κ2) is 7.09. The van der Waals surface area contributed by atoms with Gasteiger partial charge in [0, 0.05) is 0 Å². The van der Waals surface area contributed by atoms with E-state index in [0.29, 0.717) is 17.9 Å². The molecule has 1 aromatic carbocycles. The van der Waals surface area contributed by atoms with Gasteiger partial charge in [0.05, 0.1) is 24.1 Å². The third-order valence-electron chi connectivity index (χ3n) is 3.88. The van der Waals surface area contributed by atoms with Crippen LogP contribution in [0.3, 0.4) is 0 Å². The molecule has 2 atom stereocenters. The monoisotopic (exact) mass is 344 g/mol. The van der Waals surface area contributed by atoms with Gasteiger partial charge in [-0.2, -0.15) is 0 Å². The second-order valence-electron chi connectivity index (χ2n) is 5.57. The van der Waals surface area contributed by atoms with Crippen molar-refractivity contribution < 1.29 is 9.53 Å². The van der Waals surface area contributed by atoms with Crippen molar-refractivity contribution in [3.8, 4) is 5.75 Å². The van der Waals surface area contributed by atoms with Gasteiger partial charge in [-0.05, 0) is 37.3 Å². The highest BCUT2D eigenvalue weighted by Crippen LogP contribution is 2.33. The zero-order valence-corrected chi connectivity index (χ0v) is 14.7. The Kier molecular flexibility index (Phi) is 4.89. The fourth-order valence-corrected chi connectivity index (χ4v) is 2.87. The number of hydrogen-bond acceptors (Lipinski definition) is 6. The Balaban J connectivity index is 1.78. The average molecular weight is 344 g/mol. The Bertz CT molecular complexity index is 753. The standard InChI is InChI=1S/C17H20N4O2S/c1-4-13-17(22)20-12-6-5-11(7-14(12)23-13)10(2)19-15-8-18-9-16(21-15)24-3/h5-10,13H,4H2,1-3H3,(H,19,21)(H,20,22)/t10-,13-/m0/s1. The molecule has 1 amide bonds. The highest BCUT2D eigenvalue weighted by atomic mass is 32.2. The van der Waals surface area contributed by atoms with Gasteiger partial charge in [-0.3, -0.25) is 9.78 Å². The summed E-state index contributed by atoms with van der Waals surface area (Å²) in [4.78, 5) is 20.5. The van der Waals surface area contributed by atoms with E-state index < -0.39 is 6.10 Å². The quantitative estimate of drug-likeness (QED) is 0.809. The molecule has 2 aromatic rings. The van der Waals surface area contributed by atoms with Crippen LogP contribution in [0.4, 0.5) is 11.5 Å². The summed E-state index contributed by atoms with van der Waals surface area (Å²) < 4.78 is 5.80. The summed E-state index contributed by atoms with van der Waals surface area (Å²) in [6.45, 7) is 3.98. The molecule has 1 aromatic heterocycles. The summed E-state index contributed by atoms with van der Waals surface area (Å²) in [5.74, 6) is 1.34. The van der Waals surface area contributed by atoms with E-state index in [2.05, 4.69) is 20.6 Å². The van der Waals surface area contributed by atoms with Gasteiger partial charge in [0.15, 0.2) is 6.10 Å². The molecule has 0 unspecified atom stereocenters. The molecule has 2 heterocycles. The van der Waals surface area contributed by atoms with E-state index in [1.807, 2.05) is 38.3 Å². The van der Waals surface area contributed by atoms with Crippen molar-refractivity contribution in [3.63, 3.8) is 0 Å². The van der Waals surface area contributed by atoms with Crippen molar-refractivity contribution in [2.75, 3.05) is 16.9 Å². The summed E-state index contributed by atoms with van der Waals surface area (Å²) in [6, 6.07) is 5.83. The van der Waals surface area contributed by atoms with Crippen LogP contribution in [0.2, 0.25) is 0 Å². The molecule has 0 radical (unpaired) electrons. The van der Waals surface area contributed by atoms with Crippen molar-refractivity contribution in [2.24, 2.45) is 0 Å². The Morgan fingerprint density at radius 3 is 3.00 bits per heavy atom. The SMILES string of the molecule is CC[C@@H]1Oc2cc([C@H](C)Nc3cncc(SC)n3)ccc2NC1=O. The largest absolute Gasteiger partial charge is 0.478 e. The number of nitrogens with zero attached hydrogens (tertiary/aromatic N) is 2. The highest BCUT2D eigenvalue weighted by molar-refractivity contribution is 7.98. The number of ether oxygens (including phenoxy) is 1. The third kappa shape index (κ3) is 3.46. The van der Waals surface area contributed by atoms with Gasteiger partial charge in [0.2, 0.25) is 0 Å². The number of benzene rings is 1. The normalized spacial score (nSPS) is 17.5. The van der Waals surface area contributed by atoms with Gasteiger partial charge in [-0.15, -0.1) is 11.8 Å². The number of carbonyl (C=O) groups excluding carboxylic acids is 1. The maximum atomic E-state index is 11.8. The first-order valence-electron chi connectivity index (χ1n) is 7.84. The van der Waals surface area contributed by atoms with E-state index in [1.165, 1.54) is 0 Å². The van der Waals surface area contributed by atoms with Crippen LogP contribution in [0.25, 0.3) is 0 Å². The van der Waals surface area contributed by atoms with Crippen LogP contribution in [0, 0.1) is 0 Å². The van der Waals surface area contributed by atoms with Gasteiger partial charge in [-0.25, -0.2) is 4.98 Å². The van der Waals surface area contributed by atoms with Crippen molar-refractivity contribution in [3.05, 3.63) is 36.2 Å². The van der Waals surface area contributed by atoms with Gasteiger partial charge in [0.25, 0.3) is 5.91 Å². The van der Waals surface area contributed by atoms with E-state index in [0.717, 1.165) is 16.4 Å². The summed E-state index contributed by atoms with van der Waals surface area (Å²) in [7, 11) is 0. The Labute approximate surface area is 145 Å². The molecule has 1 aliphatic rings. The molecule has 6 nitrogen and oxygen atoms in total. The number of fused-ring (bicyclic) bond motifs is 1. The van der Waals surface area contributed by atoms with Gasteiger partial charge in [0.1, 0.15) is 16.6 Å². The Morgan fingerprint density at radius 1 is 1.42 bits per heavy atom. The fraction of sp³-hybridized carbons (Fsp3) is 0.353. The van der Waals surface area contributed by atoms with E-state index in [-0.39, 0.29) is 11.9 Å². The maximum Gasteiger partial charge on any atom is 0.265 e. The predicted octanol–water partition coefficient (Wildman–Crippen LogP) is 3.48. The zero-order chi connectivity index (χ0) is 17.1. The lowest BCUT2D eigenvalue weighted by Crippen LogP contribution is -2.36. The predicted molar refractivity (Wildman–Crippen MR) is 95.6 cm³/mol. The van der Waals surface area contributed by atoms with Crippen molar-refractivity contribution in [1.29, 1.82) is 0 Å². The number of amides is 1. The molecule has 126 valence electrons. The van der Waals surface area contributed by atoms with Crippen LogP contribution in [0.5, 0.6) is 5.75 Å². The van der Waals surface area contributed by atoms with Crippen LogP contribution < -0.4 is 15.4 Å². The lowest BCUT2D eigenvalue weighted by Gasteiger charge is -2.26. The number of aromatic nitrogens is 2. The molecule has 2 N–H and O–H groups in total. The van der Waals surface area contributed by atoms with Crippen LogP contribution in [-0.4, -0.2) is 28.2 Å². The van der Waals surface area contributed by atoms with Crippen molar-refractivity contribution in [1.82, 2.24) is 9.97 Å². The van der Waals surface area contributed by atoms with Crippen LogP contribution in [0.15, 0.2) is 35.6 Å². The summed E-state index contributed by atoms with van der Waals surface area (Å²) >= 11 is 1.55. The molecule has 3 rings (SSSR count). The minimum atomic E-state index is -0.430. The van der Waals surface area contributed by atoms with Crippen molar-refractivity contribution in [2.45, 2.75) is 37.4 Å². The first-order chi connectivity index (χ1) is 11.6.